The van der Waals surface area contributed by atoms with Crippen molar-refractivity contribution in [2.24, 2.45) is 5.92 Å². The summed E-state index contributed by atoms with van der Waals surface area (Å²) in [6, 6.07) is 3.32. The third kappa shape index (κ3) is 3.13. The zero-order valence-corrected chi connectivity index (χ0v) is 11.5. The summed E-state index contributed by atoms with van der Waals surface area (Å²) in [7, 11) is 0. The van der Waals surface area contributed by atoms with Gasteiger partial charge in [-0.25, -0.2) is 0 Å². The molecule has 0 amide bonds. The zero-order chi connectivity index (χ0) is 13.8. The largest absolute Gasteiger partial charge is 0.433 e. The monoisotopic (exact) mass is 267 g/mol. The predicted octanol–water partition coefficient (Wildman–Crippen LogP) is 2.18. The van der Waals surface area contributed by atoms with Crippen molar-refractivity contribution in [1.82, 2.24) is 10.2 Å². The summed E-state index contributed by atoms with van der Waals surface area (Å²) in [6.45, 7) is 8.11. The quantitative estimate of drug-likeness (QED) is 0.654. The molecular formula is C13H21N3O3. The van der Waals surface area contributed by atoms with Crippen molar-refractivity contribution in [2.75, 3.05) is 26.2 Å². The molecule has 1 aromatic rings. The first kappa shape index (κ1) is 14.0. The van der Waals surface area contributed by atoms with Gasteiger partial charge in [-0.2, -0.15) is 0 Å². The van der Waals surface area contributed by atoms with E-state index in [0.717, 1.165) is 32.6 Å². The third-order valence-corrected chi connectivity index (χ3v) is 3.81. The fraction of sp³-hybridized carbons (Fsp3) is 0.692. The molecule has 2 heterocycles. The highest BCUT2D eigenvalue weighted by atomic mass is 16.6. The molecule has 6 heteroatoms. The van der Waals surface area contributed by atoms with Crippen LogP contribution in [0.25, 0.3) is 0 Å². The minimum absolute atomic E-state index is 0.126. The maximum absolute atomic E-state index is 10.7. The minimum atomic E-state index is -0.477. The average molecular weight is 267 g/mol. The van der Waals surface area contributed by atoms with Crippen LogP contribution in [-0.4, -0.2) is 36.0 Å². The highest BCUT2D eigenvalue weighted by molar-refractivity contribution is 5.20. The van der Waals surface area contributed by atoms with Crippen LogP contribution in [0.4, 0.5) is 5.88 Å². The van der Waals surface area contributed by atoms with Gasteiger partial charge in [0.1, 0.15) is 10.7 Å². The van der Waals surface area contributed by atoms with Crippen LogP contribution < -0.4 is 5.32 Å². The normalized spacial score (nSPS) is 20.1. The predicted molar refractivity (Wildman–Crippen MR) is 72.0 cm³/mol. The van der Waals surface area contributed by atoms with Crippen LogP contribution >= 0.6 is 0 Å². The van der Waals surface area contributed by atoms with Crippen LogP contribution in [0.5, 0.6) is 0 Å². The highest BCUT2D eigenvalue weighted by Crippen LogP contribution is 2.33. The van der Waals surface area contributed by atoms with Crippen molar-refractivity contribution in [3.63, 3.8) is 0 Å². The molecule has 6 nitrogen and oxygen atoms in total. The van der Waals surface area contributed by atoms with E-state index in [9.17, 15) is 10.1 Å². The molecule has 1 N–H and O–H groups in total. The van der Waals surface area contributed by atoms with Crippen molar-refractivity contribution in [1.29, 1.82) is 0 Å². The molecule has 0 aliphatic carbocycles. The number of rotatable bonds is 5. The Balaban J connectivity index is 2.22. The van der Waals surface area contributed by atoms with E-state index in [1.165, 1.54) is 6.07 Å². The second kappa shape index (κ2) is 6.16. The Morgan fingerprint density at radius 3 is 2.68 bits per heavy atom. The van der Waals surface area contributed by atoms with Crippen LogP contribution in [0.1, 0.15) is 32.1 Å². The maximum Gasteiger partial charge on any atom is 0.433 e. The Hall–Kier alpha value is -1.40. The van der Waals surface area contributed by atoms with Gasteiger partial charge in [-0.15, -0.1) is 0 Å². The van der Waals surface area contributed by atoms with E-state index < -0.39 is 4.92 Å². The van der Waals surface area contributed by atoms with E-state index in [1.54, 1.807) is 6.07 Å². The first-order valence-electron chi connectivity index (χ1n) is 6.82. The van der Waals surface area contributed by atoms with E-state index in [2.05, 4.69) is 24.1 Å². The Kier molecular flexibility index (Phi) is 4.55. The van der Waals surface area contributed by atoms with Gasteiger partial charge in [-0.1, -0.05) is 20.3 Å². The molecule has 2 atom stereocenters. The number of furan rings is 1. The van der Waals surface area contributed by atoms with Crippen molar-refractivity contribution < 1.29 is 9.34 Å². The number of nitro groups is 1. The van der Waals surface area contributed by atoms with Gasteiger partial charge in [0.05, 0.1) is 12.1 Å². The van der Waals surface area contributed by atoms with Gasteiger partial charge in [0.25, 0.3) is 0 Å². The van der Waals surface area contributed by atoms with Crippen molar-refractivity contribution >= 4 is 5.88 Å². The standard InChI is InChI=1S/C13H21N3O3/c1-3-10(2)13(15-8-6-14-7-9-15)11-4-5-12(19-11)16(17)18/h4-5,10,13-14H,3,6-9H2,1-2H3/t10?,13-/m0/s1. The lowest BCUT2D eigenvalue weighted by Gasteiger charge is -2.36. The fourth-order valence-electron chi connectivity index (χ4n) is 2.60. The second-order valence-corrected chi connectivity index (χ2v) is 5.05. The summed E-state index contributed by atoms with van der Waals surface area (Å²) in [5, 5.41) is 14.1. The van der Waals surface area contributed by atoms with Gasteiger partial charge in [-0.3, -0.25) is 15.0 Å². The number of nitrogens with zero attached hydrogens (tertiary/aromatic N) is 2. The minimum Gasteiger partial charge on any atom is -0.404 e. The Labute approximate surface area is 112 Å². The first-order valence-corrected chi connectivity index (χ1v) is 6.82. The second-order valence-electron chi connectivity index (χ2n) is 5.05. The van der Waals surface area contributed by atoms with Crippen LogP contribution in [0, 0.1) is 16.0 Å². The fourth-order valence-corrected chi connectivity index (χ4v) is 2.60. The summed E-state index contributed by atoms with van der Waals surface area (Å²) in [4.78, 5) is 12.6. The van der Waals surface area contributed by atoms with Gasteiger partial charge in [0, 0.05) is 26.2 Å². The molecule has 0 aromatic carbocycles. The number of hydrogen-bond acceptors (Lipinski definition) is 5. The number of nitrogens with one attached hydrogen (secondary N) is 1. The Morgan fingerprint density at radius 2 is 2.16 bits per heavy atom. The molecule has 1 unspecified atom stereocenters. The van der Waals surface area contributed by atoms with Gasteiger partial charge in [-0.05, 0) is 12.0 Å². The molecule has 106 valence electrons. The molecule has 1 aliphatic rings. The van der Waals surface area contributed by atoms with Crippen LogP contribution in [-0.2, 0) is 0 Å². The average Bonchev–Trinajstić information content (AvgIpc) is 2.89. The molecule has 2 rings (SSSR count). The van der Waals surface area contributed by atoms with Gasteiger partial charge in [0.15, 0.2) is 0 Å². The van der Waals surface area contributed by atoms with Crippen LogP contribution in [0.15, 0.2) is 16.5 Å². The van der Waals surface area contributed by atoms with Crippen LogP contribution in [0.2, 0.25) is 0 Å². The zero-order valence-electron chi connectivity index (χ0n) is 11.5. The molecule has 0 radical (unpaired) electrons. The maximum atomic E-state index is 10.7. The van der Waals surface area contributed by atoms with E-state index in [1.807, 2.05) is 0 Å². The lowest BCUT2D eigenvalue weighted by Crippen LogP contribution is -2.46. The smallest absolute Gasteiger partial charge is 0.404 e. The molecule has 1 aromatic heterocycles. The summed E-state index contributed by atoms with van der Waals surface area (Å²) in [5.41, 5.74) is 0. The molecule has 0 bridgehead atoms. The van der Waals surface area contributed by atoms with Crippen molar-refractivity contribution in [3.05, 3.63) is 28.0 Å². The van der Waals surface area contributed by atoms with Gasteiger partial charge >= 0.3 is 5.88 Å². The van der Waals surface area contributed by atoms with E-state index in [4.69, 9.17) is 4.42 Å². The first-order chi connectivity index (χ1) is 9.13. The lowest BCUT2D eigenvalue weighted by molar-refractivity contribution is -0.402. The van der Waals surface area contributed by atoms with Gasteiger partial charge in [0.2, 0.25) is 0 Å². The van der Waals surface area contributed by atoms with Crippen molar-refractivity contribution in [2.45, 2.75) is 26.3 Å². The Morgan fingerprint density at radius 1 is 1.47 bits per heavy atom. The van der Waals surface area contributed by atoms with Crippen LogP contribution in [0.3, 0.4) is 0 Å². The summed E-state index contributed by atoms with van der Waals surface area (Å²) >= 11 is 0. The summed E-state index contributed by atoms with van der Waals surface area (Å²) < 4.78 is 5.42. The molecular weight excluding hydrogens is 246 g/mol. The highest BCUT2D eigenvalue weighted by Gasteiger charge is 2.30. The number of hydrogen-bond donors (Lipinski definition) is 1. The molecule has 19 heavy (non-hydrogen) atoms. The van der Waals surface area contributed by atoms with Crippen molar-refractivity contribution in [3.8, 4) is 0 Å². The summed E-state index contributed by atoms with van der Waals surface area (Å²) in [6.07, 6.45) is 1.02. The molecule has 1 aliphatic heterocycles. The summed E-state index contributed by atoms with van der Waals surface area (Å²) in [5.74, 6) is 0.949. The molecule has 1 fully saturated rings. The number of piperazine rings is 1. The van der Waals surface area contributed by atoms with Gasteiger partial charge < -0.3 is 9.73 Å². The lowest BCUT2D eigenvalue weighted by atomic mass is 9.95. The van der Waals surface area contributed by atoms with E-state index >= 15 is 0 Å². The Bertz CT molecular complexity index is 427. The van der Waals surface area contributed by atoms with E-state index in [0.29, 0.717) is 11.7 Å². The molecule has 0 spiro atoms. The van der Waals surface area contributed by atoms with E-state index in [-0.39, 0.29) is 11.9 Å². The SMILES string of the molecule is CCC(C)[C@@H](c1ccc([N+](=O)[O-])o1)N1CCNCC1. The third-order valence-electron chi connectivity index (χ3n) is 3.81. The topological polar surface area (TPSA) is 71.5 Å². The molecule has 0 saturated carbocycles. The molecule has 1 saturated heterocycles.